The van der Waals surface area contributed by atoms with Crippen LogP contribution in [-0.4, -0.2) is 40.6 Å². The SMILES string of the molecule is O=C(COC(=O)C1(O)CCCC1)N1c2ccccc2NC(=O)C12CCCC2. The Morgan fingerprint density at radius 3 is 2.41 bits per heavy atom. The third kappa shape index (κ3) is 2.90. The molecule has 1 aliphatic heterocycles. The van der Waals surface area contributed by atoms with E-state index in [4.69, 9.17) is 4.74 Å². The topological polar surface area (TPSA) is 95.9 Å². The summed E-state index contributed by atoms with van der Waals surface area (Å²) in [4.78, 5) is 39.7. The number of fused-ring (bicyclic) bond motifs is 1. The highest BCUT2D eigenvalue weighted by Crippen LogP contribution is 2.45. The summed E-state index contributed by atoms with van der Waals surface area (Å²) < 4.78 is 5.19. The molecular formula is C20H24N2O5. The number of nitrogens with zero attached hydrogens (tertiary/aromatic N) is 1. The van der Waals surface area contributed by atoms with Crippen molar-refractivity contribution in [1.29, 1.82) is 0 Å². The average Bonchev–Trinajstić information content (AvgIpc) is 3.31. The van der Waals surface area contributed by atoms with E-state index in [9.17, 15) is 19.5 Å². The predicted molar refractivity (Wildman–Crippen MR) is 98.1 cm³/mol. The van der Waals surface area contributed by atoms with Gasteiger partial charge in [0, 0.05) is 0 Å². The van der Waals surface area contributed by atoms with E-state index in [0.29, 0.717) is 37.1 Å². The third-order valence-electron chi connectivity index (χ3n) is 6.06. The summed E-state index contributed by atoms with van der Waals surface area (Å²) in [5.74, 6) is -1.37. The first-order valence-electron chi connectivity index (χ1n) is 9.59. The summed E-state index contributed by atoms with van der Waals surface area (Å²) in [5, 5.41) is 13.2. The second-order valence-corrected chi connectivity index (χ2v) is 7.75. The van der Waals surface area contributed by atoms with Gasteiger partial charge in [-0.3, -0.25) is 14.5 Å². The molecule has 0 saturated heterocycles. The molecule has 1 heterocycles. The number of hydrogen-bond acceptors (Lipinski definition) is 5. The number of rotatable bonds is 3. The smallest absolute Gasteiger partial charge is 0.338 e. The molecule has 2 fully saturated rings. The summed E-state index contributed by atoms with van der Waals surface area (Å²) in [6, 6.07) is 7.15. The summed E-state index contributed by atoms with van der Waals surface area (Å²) in [6.07, 6.45) is 5.13. The maximum atomic E-state index is 13.1. The number of amides is 2. The molecule has 2 aliphatic carbocycles. The molecule has 2 N–H and O–H groups in total. The van der Waals surface area contributed by atoms with Crippen LogP contribution in [0.25, 0.3) is 0 Å². The zero-order chi connectivity index (χ0) is 19.1. The van der Waals surface area contributed by atoms with Crippen LogP contribution >= 0.6 is 0 Å². The normalized spacial score (nSPS) is 22.4. The van der Waals surface area contributed by atoms with Crippen LogP contribution in [0.5, 0.6) is 0 Å². The maximum Gasteiger partial charge on any atom is 0.338 e. The van der Waals surface area contributed by atoms with E-state index in [1.165, 1.54) is 4.90 Å². The summed E-state index contributed by atoms with van der Waals surface area (Å²) in [7, 11) is 0. The number of ether oxygens (including phenoxy) is 1. The fraction of sp³-hybridized carbons (Fsp3) is 0.550. The molecule has 7 nitrogen and oxygen atoms in total. The van der Waals surface area contributed by atoms with E-state index in [1.807, 2.05) is 6.07 Å². The molecule has 0 aromatic heterocycles. The van der Waals surface area contributed by atoms with Crippen molar-refractivity contribution >= 4 is 29.2 Å². The number of aliphatic hydroxyl groups is 1. The van der Waals surface area contributed by atoms with Gasteiger partial charge in [0.25, 0.3) is 11.8 Å². The van der Waals surface area contributed by atoms with Crippen LogP contribution < -0.4 is 10.2 Å². The number of hydrogen-bond donors (Lipinski definition) is 2. The van der Waals surface area contributed by atoms with Crippen LogP contribution in [0, 0.1) is 0 Å². The lowest BCUT2D eigenvalue weighted by molar-refractivity contribution is -0.166. The summed E-state index contributed by atoms with van der Waals surface area (Å²) in [5.41, 5.74) is -1.21. The fourth-order valence-corrected chi connectivity index (χ4v) is 4.62. The quantitative estimate of drug-likeness (QED) is 0.793. The van der Waals surface area contributed by atoms with Gasteiger partial charge in [-0.2, -0.15) is 0 Å². The van der Waals surface area contributed by atoms with Crippen molar-refractivity contribution < 1.29 is 24.2 Å². The number of carbonyl (C=O) groups excluding carboxylic acids is 3. The Hall–Kier alpha value is -2.41. The Kier molecular flexibility index (Phi) is 4.42. The van der Waals surface area contributed by atoms with Crippen LogP contribution in [-0.2, 0) is 19.1 Å². The van der Waals surface area contributed by atoms with Crippen molar-refractivity contribution in [1.82, 2.24) is 0 Å². The second-order valence-electron chi connectivity index (χ2n) is 7.75. The van der Waals surface area contributed by atoms with Gasteiger partial charge in [-0.15, -0.1) is 0 Å². The van der Waals surface area contributed by atoms with Crippen LogP contribution in [0.4, 0.5) is 11.4 Å². The maximum absolute atomic E-state index is 13.1. The number of benzene rings is 1. The highest BCUT2D eigenvalue weighted by atomic mass is 16.6. The molecule has 2 amide bonds. The van der Waals surface area contributed by atoms with Crippen LogP contribution in [0.2, 0.25) is 0 Å². The van der Waals surface area contributed by atoms with Gasteiger partial charge in [0.1, 0.15) is 5.54 Å². The van der Waals surface area contributed by atoms with Crippen molar-refractivity contribution in [2.45, 2.75) is 62.5 Å². The van der Waals surface area contributed by atoms with Gasteiger partial charge >= 0.3 is 5.97 Å². The molecular weight excluding hydrogens is 348 g/mol. The minimum Gasteiger partial charge on any atom is -0.453 e. The molecule has 0 radical (unpaired) electrons. The van der Waals surface area contributed by atoms with Gasteiger partial charge in [-0.05, 0) is 50.7 Å². The van der Waals surface area contributed by atoms with Crippen molar-refractivity contribution in [3.8, 4) is 0 Å². The molecule has 144 valence electrons. The minimum absolute atomic E-state index is 0.187. The monoisotopic (exact) mass is 372 g/mol. The van der Waals surface area contributed by atoms with Gasteiger partial charge < -0.3 is 15.2 Å². The van der Waals surface area contributed by atoms with Gasteiger partial charge in [0.15, 0.2) is 12.2 Å². The summed E-state index contributed by atoms with van der Waals surface area (Å²) in [6.45, 7) is -0.482. The van der Waals surface area contributed by atoms with Gasteiger partial charge in [0.2, 0.25) is 0 Å². The Bertz CT molecular complexity index is 778. The summed E-state index contributed by atoms with van der Waals surface area (Å²) >= 11 is 0. The van der Waals surface area contributed by atoms with Gasteiger partial charge in [-0.1, -0.05) is 25.0 Å². The Morgan fingerprint density at radius 1 is 1.07 bits per heavy atom. The van der Waals surface area contributed by atoms with Crippen molar-refractivity contribution in [3.05, 3.63) is 24.3 Å². The predicted octanol–water partition coefficient (Wildman–Crippen LogP) is 2.13. The van der Waals surface area contributed by atoms with Crippen LogP contribution in [0.15, 0.2) is 24.3 Å². The molecule has 4 rings (SSSR count). The third-order valence-corrected chi connectivity index (χ3v) is 6.06. The standard InChI is InChI=1S/C20H24N2O5/c23-16(13-27-18(25)20(26)11-5-6-12-20)22-15-8-2-1-7-14(15)21-17(24)19(22)9-3-4-10-19/h1-2,7-8,26H,3-6,9-13H2,(H,21,24). The Labute approximate surface area is 157 Å². The number of para-hydroxylation sites is 2. The molecule has 0 atom stereocenters. The first-order valence-corrected chi connectivity index (χ1v) is 9.59. The molecule has 1 aromatic rings. The highest BCUT2D eigenvalue weighted by molar-refractivity contribution is 6.15. The molecule has 27 heavy (non-hydrogen) atoms. The fourth-order valence-electron chi connectivity index (χ4n) is 4.62. The largest absolute Gasteiger partial charge is 0.453 e. The molecule has 1 aromatic carbocycles. The molecule has 0 unspecified atom stereocenters. The highest BCUT2D eigenvalue weighted by Gasteiger charge is 2.52. The molecule has 3 aliphatic rings. The minimum atomic E-state index is -1.48. The van der Waals surface area contributed by atoms with E-state index < -0.39 is 29.6 Å². The Balaban J connectivity index is 1.58. The lowest BCUT2D eigenvalue weighted by Gasteiger charge is -2.44. The Morgan fingerprint density at radius 2 is 1.70 bits per heavy atom. The van der Waals surface area contributed by atoms with E-state index in [0.717, 1.165) is 25.7 Å². The number of esters is 1. The molecule has 7 heteroatoms. The van der Waals surface area contributed by atoms with E-state index in [2.05, 4.69) is 5.32 Å². The van der Waals surface area contributed by atoms with Crippen LogP contribution in [0.1, 0.15) is 51.4 Å². The molecule has 0 bridgehead atoms. The first kappa shape index (κ1) is 18.0. The van der Waals surface area contributed by atoms with E-state index >= 15 is 0 Å². The zero-order valence-corrected chi connectivity index (χ0v) is 15.2. The lowest BCUT2D eigenvalue weighted by Crippen LogP contribution is -2.61. The van der Waals surface area contributed by atoms with Crippen molar-refractivity contribution in [2.75, 3.05) is 16.8 Å². The van der Waals surface area contributed by atoms with Crippen LogP contribution in [0.3, 0.4) is 0 Å². The zero-order valence-electron chi connectivity index (χ0n) is 15.2. The van der Waals surface area contributed by atoms with Crippen molar-refractivity contribution in [3.63, 3.8) is 0 Å². The molecule has 2 saturated carbocycles. The average molecular weight is 372 g/mol. The number of nitrogens with one attached hydrogen (secondary N) is 1. The lowest BCUT2D eigenvalue weighted by atomic mass is 9.90. The van der Waals surface area contributed by atoms with Crippen molar-refractivity contribution in [2.24, 2.45) is 0 Å². The second kappa shape index (κ2) is 6.64. The first-order chi connectivity index (χ1) is 13.0. The number of anilines is 2. The van der Waals surface area contributed by atoms with E-state index in [-0.39, 0.29) is 5.91 Å². The van der Waals surface area contributed by atoms with Gasteiger partial charge in [0.05, 0.1) is 11.4 Å². The molecule has 1 spiro atoms. The van der Waals surface area contributed by atoms with E-state index in [1.54, 1.807) is 18.2 Å². The number of carbonyl (C=O) groups is 3. The van der Waals surface area contributed by atoms with Gasteiger partial charge in [-0.25, -0.2) is 4.79 Å².